The zero-order valence-corrected chi connectivity index (χ0v) is 8.77. The van der Waals surface area contributed by atoms with Crippen LogP contribution in [0.4, 0.5) is 0 Å². The molecule has 0 aromatic carbocycles. The van der Waals surface area contributed by atoms with Crippen molar-refractivity contribution in [1.29, 1.82) is 0 Å². The Kier molecular flexibility index (Phi) is 2.19. The molecule has 0 spiro atoms. The predicted octanol–water partition coefficient (Wildman–Crippen LogP) is 1.56. The molecule has 2 heterocycles. The SMILES string of the molecule is CC(C)c1cnc2ccc(C(N)=O)cn12. The molecule has 4 nitrogen and oxygen atoms in total. The molecule has 0 radical (unpaired) electrons. The van der Waals surface area contributed by atoms with Gasteiger partial charge in [0.2, 0.25) is 5.91 Å². The summed E-state index contributed by atoms with van der Waals surface area (Å²) in [6.45, 7) is 4.17. The molecule has 0 aliphatic heterocycles. The van der Waals surface area contributed by atoms with Crippen molar-refractivity contribution < 1.29 is 4.79 Å². The highest BCUT2D eigenvalue weighted by Crippen LogP contribution is 2.16. The number of carbonyl (C=O) groups is 1. The third kappa shape index (κ3) is 1.58. The highest BCUT2D eigenvalue weighted by molar-refractivity contribution is 5.92. The van der Waals surface area contributed by atoms with Crippen LogP contribution >= 0.6 is 0 Å². The van der Waals surface area contributed by atoms with E-state index in [4.69, 9.17) is 5.73 Å². The van der Waals surface area contributed by atoms with Gasteiger partial charge in [-0.2, -0.15) is 0 Å². The lowest BCUT2D eigenvalue weighted by Gasteiger charge is -2.05. The minimum absolute atomic E-state index is 0.364. The number of primary amides is 1. The monoisotopic (exact) mass is 203 g/mol. The van der Waals surface area contributed by atoms with Crippen molar-refractivity contribution in [3.8, 4) is 0 Å². The molecule has 0 aliphatic carbocycles. The van der Waals surface area contributed by atoms with Crippen LogP contribution < -0.4 is 5.73 Å². The summed E-state index contributed by atoms with van der Waals surface area (Å²) in [5.74, 6) is -0.0524. The van der Waals surface area contributed by atoms with E-state index in [1.54, 1.807) is 18.3 Å². The third-order valence-electron chi connectivity index (χ3n) is 2.41. The molecule has 2 aromatic rings. The second kappa shape index (κ2) is 3.38. The number of pyridine rings is 1. The lowest BCUT2D eigenvalue weighted by molar-refractivity contribution is 0.1000. The Balaban J connectivity index is 2.66. The van der Waals surface area contributed by atoms with E-state index >= 15 is 0 Å². The number of carbonyl (C=O) groups excluding carboxylic acids is 1. The van der Waals surface area contributed by atoms with Gasteiger partial charge in [0.15, 0.2) is 0 Å². The smallest absolute Gasteiger partial charge is 0.250 e. The molecule has 15 heavy (non-hydrogen) atoms. The van der Waals surface area contributed by atoms with Gasteiger partial charge in [0.1, 0.15) is 5.65 Å². The van der Waals surface area contributed by atoms with Crippen LogP contribution in [0.1, 0.15) is 35.8 Å². The number of aromatic nitrogens is 2. The number of hydrogen-bond donors (Lipinski definition) is 1. The Labute approximate surface area is 87.7 Å². The van der Waals surface area contributed by atoms with Gasteiger partial charge in [0.05, 0.1) is 5.56 Å². The van der Waals surface area contributed by atoms with Gasteiger partial charge in [-0.15, -0.1) is 0 Å². The summed E-state index contributed by atoms with van der Waals surface area (Å²) in [5, 5.41) is 0. The molecular weight excluding hydrogens is 190 g/mol. The molecule has 0 saturated heterocycles. The van der Waals surface area contributed by atoms with Gasteiger partial charge in [0.25, 0.3) is 0 Å². The fourth-order valence-electron chi connectivity index (χ4n) is 1.57. The van der Waals surface area contributed by atoms with Crippen LogP contribution in [0.5, 0.6) is 0 Å². The minimum Gasteiger partial charge on any atom is -0.366 e. The van der Waals surface area contributed by atoms with Gasteiger partial charge in [0, 0.05) is 18.1 Å². The fraction of sp³-hybridized carbons (Fsp3) is 0.273. The van der Waals surface area contributed by atoms with Crippen molar-refractivity contribution >= 4 is 11.6 Å². The average molecular weight is 203 g/mol. The zero-order valence-electron chi connectivity index (χ0n) is 8.77. The van der Waals surface area contributed by atoms with E-state index in [0.717, 1.165) is 11.3 Å². The summed E-state index contributed by atoms with van der Waals surface area (Å²) in [6.07, 6.45) is 3.56. The highest BCUT2D eigenvalue weighted by atomic mass is 16.1. The van der Waals surface area contributed by atoms with Crippen LogP contribution in [-0.4, -0.2) is 15.3 Å². The Morgan fingerprint density at radius 3 is 2.80 bits per heavy atom. The van der Waals surface area contributed by atoms with Crippen molar-refractivity contribution in [1.82, 2.24) is 9.38 Å². The standard InChI is InChI=1S/C11H13N3O/c1-7(2)9-5-13-10-4-3-8(11(12)15)6-14(9)10/h3-7H,1-2H3,(H2,12,15). The molecular formula is C11H13N3O. The predicted molar refractivity (Wildman–Crippen MR) is 57.8 cm³/mol. The van der Waals surface area contributed by atoms with Crippen LogP contribution in [0, 0.1) is 0 Å². The van der Waals surface area contributed by atoms with Crippen molar-refractivity contribution in [2.24, 2.45) is 5.73 Å². The average Bonchev–Trinajstić information content (AvgIpc) is 2.59. The third-order valence-corrected chi connectivity index (χ3v) is 2.41. The second-order valence-corrected chi connectivity index (χ2v) is 3.85. The Hall–Kier alpha value is -1.84. The first-order chi connectivity index (χ1) is 7.09. The number of hydrogen-bond acceptors (Lipinski definition) is 2. The fourth-order valence-corrected chi connectivity index (χ4v) is 1.57. The van der Waals surface area contributed by atoms with Crippen LogP contribution in [0.25, 0.3) is 5.65 Å². The maximum atomic E-state index is 11.0. The molecule has 0 fully saturated rings. The Morgan fingerprint density at radius 2 is 2.20 bits per heavy atom. The molecule has 78 valence electrons. The highest BCUT2D eigenvalue weighted by Gasteiger charge is 2.08. The number of nitrogens with two attached hydrogens (primary N) is 1. The van der Waals surface area contributed by atoms with E-state index in [-0.39, 0.29) is 0 Å². The van der Waals surface area contributed by atoms with Gasteiger partial charge in [-0.1, -0.05) is 13.8 Å². The van der Waals surface area contributed by atoms with E-state index in [1.807, 2.05) is 10.6 Å². The van der Waals surface area contributed by atoms with Gasteiger partial charge in [-0.3, -0.25) is 4.79 Å². The number of nitrogens with zero attached hydrogens (tertiary/aromatic N) is 2. The number of fused-ring (bicyclic) bond motifs is 1. The second-order valence-electron chi connectivity index (χ2n) is 3.85. The van der Waals surface area contributed by atoms with Gasteiger partial charge in [-0.25, -0.2) is 4.98 Å². The molecule has 2 N–H and O–H groups in total. The first-order valence-electron chi connectivity index (χ1n) is 4.86. The van der Waals surface area contributed by atoms with E-state index in [1.165, 1.54) is 0 Å². The van der Waals surface area contributed by atoms with E-state index in [9.17, 15) is 4.79 Å². The Bertz CT molecular complexity index is 514. The quantitative estimate of drug-likeness (QED) is 0.805. The lowest BCUT2D eigenvalue weighted by atomic mass is 10.1. The molecule has 2 rings (SSSR count). The van der Waals surface area contributed by atoms with Gasteiger partial charge < -0.3 is 10.1 Å². The molecule has 1 amide bonds. The molecule has 2 aromatic heterocycles. The van der Waals surface area contributed by atoms with Gasteiger partial charge >= 0.3 is 0 Å². The number of amides is 1. The first kappa shape index (κ1) is 9.71. The summed E-state index contributed by atoms with van der Waals surface area (Å²) in [6, 6.07) is 3.49. The Morgan fingerprint density at radius 1 is 1.47 bits per heavy atom. The maximum Gasteiger partial charge on any atom is 0.250 e. The summed E-state index contributed by atoms with van der Waals surface area (Å²) in [5.41, 5.74) is 7.64. The van der Waals surface area contributed by atoms with Crippen molar-refractivity contribution in [3.63, 3.8) is 0 Å². The van der Waals surface area contributed by atoms with Crippen LogP contribution in [0.15, 0.2) is 24.5 Å². The molecule has 4 heteroatoms. The normalized spacial score (nSPS) is 11.1. The van der Waals surface area contributed by atoms with Crippen molar-refractivity contribution in [3.05, 3.63) is 35.8 Å². The molecule has 0 bridgehead atoms. The molecule has 0 atom stereocenters. The van der Waals surface area contributed by atoms with E-state index in [0.29, 0.717) is 11.5 Å². The van der Waals surface area contributed by atoms with Crippen LogP contribution in [0.2, 0.25) is 0 Å². The largest absolute Gasteiger partial charge is 0.366 e. The van der Waals surface area contributed by atoms with E-state index < -0.39 is 5.91 Å². The molecule has 0 unspecified atom stereocenters. The summed E-state index contributed by atoms with van der Waals surface area (Å²) >= 11 is 0. The first-order valence-corrected chi connectivity index (χ1v) is 4.86. The summed E-state index contributed by atoms with van der Waals surface area (Å²) < 4.78 is 1.91. The van der Waals surface area contributed by atoms with E-state index in [2.05, 4.69) is 18.8 Å². The van der Waals surface area contributed by atoms with Crippen molar-refractivity contribution in [2.45, 2.75) is 19.8 Å². The number of imidazole rings is 1. The topological polar surface area (TPSA) is 60.4 Å². The summed E-state index contributed by atoms with van der Waals surface area (Å²) in [4.78, 5) is 15.3. The zero-order chi connectivity index (χ0) is 11.0. The van der Waals surface area contributed by atoms with Crippen molar-refractivity contribution in [2.75, 3.05) is 0 Å². The molecule has 0 saturated carbocycles. The lowest BCUT2D eigenvalue weighted by Crippen LogP contribution is -2.12. The van der Waals surface area contributed by atoms with Gasteiger partial charge in [-0.05, 0) is 18.1 Å². The minimum atomic E-state index is -0.416. The summed E-state index contributed by atoms with van der Waals surface area (Å²) in [7, 11) is 0. The van der Waals surface area contributed by atoms with Crippen LogP contribution in [0.3, 0.4) is 0 Å². The number of rotatable bonds is 2. The van der Waals surface area contributed by atoms with Crippen LogP contribution in [-0.2, 0) is 0 Å². The molecule has 0 aliphatic rings. The maximum absolute atomic E-state index is 11.0.